The first-order chi connectivity index (χ1) is 8.47. The van der Waals surface area contributed by atoms with Crippen LogP contribution in [-0.2, 0) is 9.59 Å². The highest BCUT2D eigenvalue weighted by atomic mass is 35.5. The van der Waals surface area contributed by atoms with E-state index in [0.29, 0.717) is 25.3 Å². The SMILES string of the molecule is CC(C)CCC(=O)NNC(=O)[C@@H](N)CCCCN.Cl. The van der Waals surface area contributed by atoms with E-state index in [4.69, 9.17) is 11.5 Å². The molecular weight excluding hydrogens is 268 g/mol. The maximum atomic E-state index is 11.5. The summed E-state index contributed by atoms with van der Waals surface area (Å²) in [7, 11) is 0. The Morgan fingerprint density at radius 2 is 1.74 bits per heavy atom. The number of hydrogen-bond donors (Lipinski definition) is 4. The van der Waals surface area contributed by atoms with Gasteiger partial charge >= 0.3 is 0 Å². The van der Waals surface area contributed by atoms with Crippen molar-refractivity contribution in [2.75, 3.05) is 6.54 Å². The highest BCUT2D eigenvalue weighted by molar-refractivity contribution is 5.85. The lowest BCUT2D eigenvalue weighted by Gasteiger charge is -2.13. The van der Waals surface area contributed by atoms with E-state index in [-0.39, 0.29) is 24.2 Å². The van der Waals surface area contributed by atoms with E-state index in [2.05, 4.69) is 10.9 Å². The summed E-state index contributed by atoms with van der Waals surface area (Å²) in [6.07, 6.45) is 3.43. The number of unbranched alkanes of at least 4 members (excludes halogenated alkanes) is 1. The summed E-state index contributed by atoms with van der Waals surface area (Å²) in [6.45, 7) is 4.68. The van der Waals surface area contributed by atoms with Crippen LogP contribution < -0.4 is 22.3 Å². The molecule has 0 aliphatic heterocycles. The first kappa shape index (κ1) is 20.5. The number of carbonyl (C=O) groups excluding carboxylic acids is 2. The standard InChI is InChI=1S/C12H26N4O2.ClH/c1-9(2)6-7-11(17)15-16-12(18)10(14)5-3-4-8-13;/h9-10H,3-8,13-14H2,1-2H3,(H,15,17)(H,16,18);1H/t10-;/m0./s1. The lowest BCUT2D eigenvalue weighted by Crippen LogP contribution is -2.49. The summed E-state index contributed by atoms with van der Waals surface area (Å²) in [5, 5.41) is 0. The van der Waals surface area contributed by atoms with Crippen molar-refractivity contribution in [3.63, 3.8) is 0 Å². The van der Waals surface area contributed by atoms with Gasteiger partial charge < -0.3 is 11.5 Å². The van der Waals surface area contributed by atoms with E-state index in [9.17, 15) is 9.59 Å². The molecule has 19 heavy (non-hydrogen) atoms. The number of rotatable bonds is 8. The molecule has 0 spiro atoms. The zero-order valence-electron chi connectivity index (χ0n) is 11.8. The second-order valence-corrected chi connectivity index (χ2v) is 4.86. The smallest absolute Gasteiger partial charge is 0.255 e. The van der Waals surface area contributed by atoms with Crippen molar-refractivity contribution < 1.29 is 9.59 Å². The Morgan fingerprint density at radius 1 is 1.11 bits per heavy atom. The Labute approximate surface area is 121 Å². The molecule has 0 bridgehead atoms. The summed E-state index contributed by atoms with van der Waals surface area (Å²) in [4.78, 5) is 22.8. The van der Waals surface area contributed by atoms with Gasteiger partial charge in [0.15, 0.2) is 0 Å². The lowest BCUT2D eigenvalue weighted by molar-refractivity contribution is -0.129. The number of amides is 2. The number of hydrazine groups is 1. The van der Waals surface area contributed by atoms with E-state index >= 15 is 0 Å². The fraction of sp³-hybridized carbons (Fsp3) is 0.833. The molecule has 6 N–H and O–H groups in total. The molecule has 7 heteroatoms. The third-order valence-electron chi connectivity index (χ3n) is 2.58. The number of hydrogen-bond acceptors (Lipinski definition) is 4. The normalized spacial score (nSPS) is 11.6. The predicted molar refractivity (Wildman–Crippen MR) is 78.5 cm³/mol. The molecular formula is C12H27ClN4O2. The predicted octanol–water partition coefficient (Wildman–Crippen LogP) is 0.448. The van der Waals surface area contributed by atoms with Crippen LogP contribution in [0.15, 0.2) is 0 Å². The van der Waals surface area contributed by atoms with Gasteiger partial charge in [-0.3, -0.25) is 20.4 Å². The van der Waals surface area contributed by atoms with Crippen LogP contribution in [0.3, 0.4) is 0 Å². The zero-order chi connectivity index (χ0) is 14.0. The van der Waals surface area contributed by atoms with Crippen LogP contribution in [0.4, 0.5) is 0 Å². The molecule has 114 valence electrons. The van der Waals surface area contributed by atoms with Gasteiger partial charge in [0.05, 0.1) is 6.04 Å². The van der Waals surface area contributed by atoms with Gasteiger partial charge in [-0.1, -0.05) is 20.3 Å². The lowest BCUT2D eigenvalue weighted by atomic mass is 10.1. The van der Waals surface area contributed by atoms with Gasteiger partial charge in [-0.25, -0.2) is 0 Å². The van der Waals surface area contributed by atoms with Gasteiger partial charge in [-0.05, 0) is 31.7 Å². The van der Waals surface area contributed by atoms with Gasteiger partial charge in [0.25, 0.3) is 5.91 Å². The summed E-state index contributed by atoms with van der Waals surface area (Å²) >= 11 is 0. The number of carbonyl (C=O) groups is 2. The summed E-state index contributed by atoms with van der Waals surface area (Å²) in [6, 6.07) is -0.595. The van der Waals surface area contributed by atoms with Crippen LogP contribution in [0.25, 0.3) is 0 Å². The molecule has 0 aromatic heterocycles. The Hall–Kier alpha value is -0.850. The summed E-state index contributed by atoms with van der Waals surface area (Å²) in [5.41, 5.74) is 15.7. The molecule has 0 saturated carbocycles. The van der Waals surface area contributed by atoms with E-state index in [1.165, 1.54) is 0 Å². The van der Waals surface area contributed by atoms with Crippen LogP contribution >= 0.6 is 12.4 Å². The van der Waals surface area contributed by atoms with E-state index in [1.54, 1.807) is 0 Å². The minimum absolute atomic E-state index is 0. The van der Waals surface area contributed by atoms with Crippen LogP contribution in [0.1, 0.15) is 46.0 Å². The fourth-order valence-corrected chi connectivity index (χ4v) is 1.35. The van der Waals surface area contributed by atoms with E-state index < -0.39 is 6.04 Å². The average Bonchev–Trinajstić information content (AvgIpc) is 2.33. The molecule has 0 aliphatic rings. The van der Waals surface area contributed by atoms with Crippen LogP contribution in [0.2, 0.25) is 0 Å². The van der Waals surface area contributed by atoms with Crippen LogP contribution in [0.5, 0.6) is 0 Å². The largest absolute Gasteiger partial charge is 0.330 e. The first-order valence-corrected chi connectivity index (χ1v) is 6.51. The maximum Gasteiger partial charge on any atom is 0.255 e. The van der Waals surface area contributed by atoms with Gasteiger partial charge in [-0.2, -0.15) is 0 Å². The second kappa shape index (κ2) is 12.2. The van der Waals surface area contributed by atoms with E-state index in [1.807, 2.05) is 13.8 Å². The molecule has 0 aromatic carbocycles. The molecule has 0 unspecified atom stereocenters. The zero-order valence-corrected chi connectivity index (χ0v) is 12.6. The quantitative estimate of drug-likeness (QED) is 0.385. The Bertz CT molecular complexity index is 262. The van der Waals surface area contributed by atoms with E-state index in [0.717, 1.165) is 19.3 Å². The maximum absolute atomic E-state index is 11.5. The Kier molecular flexibility index (Phi) is 13.1. The van der Waals surface area contributed by atoms with Gasteiger partial charge in [0.1, 0.15) is 0 Å². The van der Waals surface area contributed by atoms with Crippen molar-refractivity contribution in [1.82, 2.24) is 10.9 Å². The van der Waals surface area contributed by atoms with Crippen LogP contribution in [0, 0.1) is 5.92 Å². The minimum atomic E-state index is -0.595. The molecule has 0 radical (unpaired) electrons. The first-order valence-electron chi connectivity index (χ1n) is 6.51. The van der Waals surface area contributed by atoms with Crippen molar-refractivity contribution in [2.45, 2.75) is 52.0 Å². The van der Waals surface area contributed by atoms with Gasteiger partial charge in [-0.15, -0.1) is 12.4 Å². The highest BCUT2D eigenvalue weighted by Crippen LogP contribution is 2.02. The Balaban J connectivity index is 0. The molecule has 6 nitrogen and oxygen atoms in total. The van der Waals surface area contributed by atoms with Crippen molar-refractivity contribution in [3.8, 4) is 0 Å². The molecule has 0 heterocycles. The molecule has 0 saturated heterocycles. The minimum Gasteiger partial charge on any atom is -0.330 e. The molecule has 0 aromatic rings. The molecule has 0 aliphatic carbocycles. The third-order valence-corrected chi connectivity index (χ3v) is 2.58. The Morgan fingerprint density at radius 3 is 2.26 bits per heavy atom. The van der Waals surface area contributed by atoms with Crippen molar-refractivity contribution in [2.24, 2.45) is 17.4 Å². The van der Waals surface area contributed by atoms with Gasteiger partial charge in [0.2, 0.25) is 5.91 Å². The van der Waals surface area contributed by atoms with Crippen molar-refractivity contribution in [3.05, 3.63) is 0 Å². The second-order valence-electron chi connectivity index (χ2n) is 4.86. The van der Waals surface area contributed by atoms with Crippen LogP contribution in [-0.4, -0.2) is 24.4 Å². The number of nitrogens with one attached hydrogen (secondary N) is 2. The van der Waals surface area contributed by atoms with Gasteiger partial charge in [0, 0.05) is 6.42 Å². The topological polar surface area (TPSA) is 110 Å². The molecule has 2 amide bonds. The molecule has 1 atom stereocenters. The third kappa shape index (κ3) is 11.9. The highest BCUT2D eigenvalue weighted by Gasteiger charge is 2.13. The molecule has 0 fully saturated rings. The summed E-state index contributed by atoms with van der Waals surface area (Å²) in [5.74, 6) is -0.0823. The summed E-state index contributed by atoms with van der Waals surface area (Å²) < 4.78 is 0. The van der Waals surface area contributed by atoms with Crippen molar-refractivity contribution >= 4 is 24.2 Å². The fourth-order valence-electron chi connectivity index (χ4n) is 1.35. The monoisotopic (exact) mass is 294 g/mol. The number of nitrogens with two attached hydrogens (primary N) is 2. The average molecular weight is 295 g/mol. The van der Waals surface area contributed by atoms with Crippen molar-refractivity contribution in [1.29, 1.82) is 0 Å². The molecule has 0 rings (SSSR count). The number of halogens is 1.